The third kappa shape index (κ3) is 3.81. The van der Waals surface area contributed by atoms with Crippen molar-refractivity contribution in [2.45, 2.75) is 37.5 Å². The zero-order chi connectivity index (χ0) is 24.2. The zero-order valence-electron chi connectivity index (χ0n) is 19.6. The number of ether oxygens (including phenoxy) is 2. The van der Waals surface area contributed by atoms with Crippen LogP contribution in [0.4, 0.5) is 22.9 Å². The maximum Gasteiger partial charge on any atom is 0.242 e. The van der Waals surface area contributed by atoms with Gasteiger partial charge in [-0.05, 0) is 30.7 Å². The van der Waals surface area contributed by atoms with Crippen LogP contribution in [0.25, 0.3) is 11.1 Å². The Morgan fingerprint density at radius 1 is 1.06 bits per heavy atom. The van der Waals surface area contributed by atoms with Crippen molar-refractivity contribution in [1.82, 2.24) is 9.97 Å². The summed E-state index contributed by atoms with van der Waals surface area (Å²) in [5.74, 6) is 2.12. The van der Waals surface area contributed by atoms with Gasteiger partial charge in [0.25, 0.3) is 0 Å². The SMILES string of the molecule is O=C1CCCN1c1ccc2c(c1)OCc1cc(Nc3cnc4c(c3)N([S+]([O-])C3CC3)CCO4)ncc1-2. The predicted octanol–water partition coefficient (Wildman–Crippen LogP) is 3.93. The molecule has 3 aromatic rings. The molecule has 2 fully saturated rings. The smallest absolute Gasteiger partial charge is 0.242 e. The van der Waals surface area contributed by atoms with Crippen LogP contribution in [0.2, 0.25) is 0 Å². The molecule has 5 heterocycles. The van der Waals surface area contributed by atoms with Crippen LogP contribution in [0.5, 0.6) is 11.6 Å². The first-order valence-corrected chi connectivity index (χ1v) is 13.5. The van der Waals surface area contributed by atoms with Crippen molar-refractivity contribution in [2.24, 2.45) is 0 Å². The van der Waals surface area contributed by atoms with E-state index in [9.17, 15) is 9.35 Å². The first-order valence-electron chi connectivity index (χ1n) is 12.3. The van der Waals surface area contributed by atoms with Crippen LogP contribution in [-0.4, -0.2) is 45.4 Å². The van der Waals surface area contributed by atoms with E-state index in [1.807, 2.05) is 45.7 Å². The molecule has 1 aliphatic carbocycles. The summed E-state index contributed by atoms with van der Waals surface area (Å²) in [6.07, 6.45) is 7.06. The van der Waals surface area contributed by atoms with Crippen molar-refractivity contribution in [2.75, 3.05) is 34.2 Å². The molecule has 4 aliphatic rings. The number of aromatic nitrogens is 2. The minimum absolute atomic E-state index is 0.161. The number of amides is 1. The molecular formula is C26H25N5O4S. The van der Waals surface area contributed by atoms with Crippen LogP contribution in [-0.2, 0) is 22.8 Å². The number of nitrogens with one attached hydrogen (secondary N) is 1. The third-order valence-electron chi connectivity index (χ3n) is 6.95. The fourth-order valence-corrected chi connectivity index (χ4v) is 6.43. The second kappa shape index (κ2) is 8.56. The van der Waals surface area contributed by atoms with Gasteiger partial charge in [-0.2, -0.15) is 4.31 Å². The van der Waals surface area contributed by atoms with E-state index >= 15 is 0 Å². The fourth-order valence-electron chi connectivity index (χ4n) is 4.95. The fraction of sp³-hybridized carbons (Fsp3) is 0.346. The minimum Gasteiger partial charge on any atom is -0.593 e. The maximum atomic E-state index is 12.9. The van der Waals surface area contributed by atoms with E-state index in [2.05, 4.69) is 15.3 Å². The second-order valence-electron chi connectivity index (χ2n) is 9.44. The van der Waals surface area contributed by atoms with Crippen molar-refractivity contribution >= 4 is 40.1 Å². The Labute approximate surface area is 211 Å². The molecule has 0 radical (unpaired) electrons. The summed E-state index contributed by atoms with van der Waals surface area (Å²) in [5, 5.41) is 3.57. The number of rotatable bonds is 5. The molecule has 1 atom stereocenters. The molecule has 2 aromatic heterocycles. The van der Waals surface area contributed by atoms with Crippen molar-refractivity contribution in [3.8, 4) is 22.8 Å². The summed E-state index contributed by atoms with van der Waals surface area (Å²) >= 11 is -1.06. The van der Waals surface area contributed by atoms with Crippen molar-refractivity contribution in [3.05, 3.63) is 48.3 Å². The molecular weight excluding hydrogens is 478 g/mol. The standard InChI is InChI=1S/C26H25N5O4S/c32-25-2-1-7-30(25)18-3-6-20-21-14-27-24(10-16(21)15-35-23(20)12-18)29-17-11-22-26(28-13-17)34-9-8-31(22)36(33)19-4-5-19/h3,6,10-14,19H,1-2,4-5,7-9,15H2,(H,27,29). The highest BCUT2D eigenvalue weighted by atomic mass is 32.2. The molecule has 1 N–H and O–H groups in total. The molecule has 9 nitrogen and oxygen atoms in total. The Hall–Kier alpha value is -3.50. The second-order valence-corrected chi connectivity index (χ2v) is 11.1. The third-order valence-corrected chi connectivity index (χ3v) is 8.80. The monoisotopic (exact) mass is 503 g/mol. The molecule has 1 aromatic carbocycles. The first kappa shape index (κ1) is 21.8. The Balaban J connectivity index is 1.14. The lowest BCUT2D eigenvalue weighted by atomic mass is 9.98. The highest BCUT2D eigenvalue weighted by molar-refractivity contribution is 7.93. The number of anilines is 4. The van der Waals surface area contributed by atoms with Gasteiger partial charge in [-0.3, -0.25) is 4.79 Å². The number of carbonyl (C=O) groups excluding carboxylic acids is 1. The van der Waals surface area contributed by atoms with Crippen LogP contribution < -0.4 is 24.0 Å². The van der Waals surface area contributed by atoms with E-state index < -0.39 is 11.4 Å². The summed E-state index contributed by atoms with van der Waals surface area (Å²) < 4.78 is 26.5. The minimum atomic E-state index is -1.06. The molecule has 184 valence electrons. The summed E-state index contributed by atoms with van der Waals surface area (Å²) in [6.45, 7) is 2.24. The largest absolute Gasteiger partial charge is 0.593 e. The molecule has 7 rings (SSSR count). The predicted molar refractivity (Wildman–Crippen MR) is 137 cm³/mol. The number of fused-ring (bicyclic) bond motifs is 4. The number of hydrogen-bond acceptors (Lipinski definition) is 8. The molecule has 10 heteroatoms. The average Bonchev–Trinajstić information content (AvgIpc) is 3.67. The molecule has 1 amide bonds. The highest BCUT2D eigenvalue weighted by Crippen LogP contribution is 2.42. The van der Waals surface area contributed by atoms with E-state index in [1.165, 1.54) is 0 Å². The summed E-state index contributed by atoms with van der Waals surface area (Å²) in [6, 6.07) is 9.84. The van der Waals surface area contributed by atoms with Crippen molar-refractivity contribution in [3.63, 3.8) is 0 Å². The molecule has 1 unspecified atom stereocenters. The van der Waals surface area contributed by atoms with Crippen molar-refractivity contribution < 1.29 is 18.8 Å². The number of carbonyl (C=O) groups is 1. The maximum absolute atomic E-state index is 12.9. The number of nitrogens with zero attached hydrogens (tertiary/aromatic N) is 4. The van der Waals surface area contributed by atoms with Crippen LogP contribution >= 0.6 is 0 Å². The lowest BCUT2D eigenvalue weighted by Gasteiger charge is -2.30. The van der Waals surface area contributed by atoms with Gasteiger partial charge in [0.2, 0.25) is 11.8 Å². The summed E-state index contributed by atoms with van der Waals surface area (Å²) in [5.41, 5.74) is 5.39. The lowest BCUT2D eigenvalue weighted by Crippen LogP contribution is -2.40. The quantitative estimate of drug-likeness (QED) is 0.523. The van der Waals surface area contributed by atoms with Gasteiger partial charge < -0.3 is 24.2 Å². The Kier molecular flexibility index (Phi) is 5.17. The Bertz CT molecular complexity index is 1360. The number of pyridine rings is 2. The topological polar surface area (TPSA) is 103 Å². The molecule has 0 spiro atoms. The summed E-state index contributed by atoms with van der Waals surface area (Å²) in [4.78, 5) is 23.0. The lowest BCUT2D eigenvalue weighted by molar-refractivity contribution is -0.117. The molecule has 3 aliphatic heterocycles. The molecule has 0 bridgehead atoms. The molecule has 36 heavy (non-hydrogen) atoms. The van der Waals surface area contributed by atoms with Crippen molar-refractivity contribution in [1.29, 1.82) is 0 Å². The molecule has 1 saturated carbocycles. The number of benzene rings is 1. The van der Waals surface area contributed by atoms with E-state index in [0.717, 1.165) is 65.3 Å². The van der Waals surface area contributed by atoms with E-state index in [0.29, 0.717) is 37.9 Å². The van der Waals surface area contributed by atoms with E-state index in [-0.39, 0.29) is 11.2 Å². The van der Waals surface area contributed by atoms with Crippen LogP contribution in [0, 0.1) is 0 Å². The van der Waals surface area contributed by atoms with E-state index in [1.54, 1.807) is 6.20 Å². The van der Waals surface area contributed by atoms with Crippen LogP contribution in [0.1, 0.15) is 31.2 Å². The average molecular weight is 504 g/mol. The van der Waals surface area contributed by atoms with E-state index in [4.69, 9.17) is 9.47 Å². The van der Waals surface area contributed by atoms with Gasteiger partial charge in [-0.25, -0.2) is 9.97 Å². The van der Waals surface area contributed by atoms with Gasteiger partial charge in [0, 0.05) is 60.4 Å². The van der Waals surface area contributed by atoms with Crippen LogP contribution in [0.3, 0.4) is 0 Å². The van der Waals surface area contributed by atoms with Gasteiger partial charge in [-0.1, -0.05) is 0 Å². The Morgan fingerprint density at radius 2 is 1.97 bits per heavy atom. The van der Waals surface area contributed by atoms with Crippen LogP contribution in [0.15, 0.2) is 42.7 Å². The van der Waals surface area contributed by atoms with Gasteiger partial charge in [0.1, 0.15) is 35.7 Å². The number of hydrogen-bond donors (Lipinski definition) is 1. The normalized spacial score (nSPS) is 19.1. The summed E-state index contributed by atoms with van der Waals surface area (Å²) in [7, 11) is 0. The van der Waals surface area contributed by atoms with Gasteiger partial charge in [0.15, 0.2) is 0 Å². The highest BCUT2D eigenvalue weighted by Gasteiger charge is 2.41. The first-order chi connectivity index (χ1) is 17.6. The Morgan fingerprint density at radius 3 is 2.81 bits per heavy atom. The zero-order valence-corrected chi connectivity index (χ0v) is 20.4. The van der Waals surface area contributed by atoms with Gasteiger partial charge in [0.05, 0.1) is 29.8 Å². The molecule has 1 saturated heterocycles. The van der Waals surface area contributed by atoms with Gasteiger partial charge >= 0.3 is 0 Å². The van der Waals surface area contributed by atoms with Gasteiger partial charge in [-0.15, -0.1) is 0 Å².